The number of carbonyl (C=O) groups excluding carboxylic acids is 3. The first-order valence-corrected chi connectivity index (χ1v) is 5.39. The van der Waals surface area contributed by atoms with E-state index in [1.165, 1.54) is 12.0 Å². The summed E-state index contributed by atoms with van der Waals surface area (Å²) in [6.45, 7) is 0. The number of rotatable bonds is 4. The molecule has 1 unspecified atom stereocenters. The van der Waals surface area contributed by atoms with Gasteiger partial charge in [0.1, 0.15) is 17.4 Å². The number of esters is 2. The minimum atomic E-state index is -1.41. The molecule has 0 saturated carbocycles. The third-order valence-electron chi connectivity index (χ3n) is 2.57. The molecule has 0 aliphatic rings. The number of phenolic OH excluding ortho intramolecular Hbond substituents is 2. The summed E-state index contributed by atoms with van der Waals surface area (Å²) >= 11 is 0. The van der Waals surface area contributed by atoms with E-state index in [4.69, 9.17) is 0 Å². The molecule has 0 fully saturated rings. The molecule has 1 rings (SSSR count). The van der Waals surface area contributed by atoms with E-state index in [-0.39, 0.29) is 5.56 Å². The van der Waals surface area contributed by atoms with Crippen molar-refractivity contribution in [3.63, 3.8) is 0 Å². The van der Waals surface area contributed by atoms with Crippen LogP contribution < -0.4 is 0 Å². The summed E-state index contributed by atoms with van der Waals surface area (Å²) in [4.78, 5) is 34.2. The second-order valence-corrected chi connectivity index (χ2v) is 3.71. The zero-order chi connectivity index (χ0) is 15.3. The maximum absolute atomic E-state index is 11.8. The van der Waals surface area contributed by atoms with E-state index in [0.717, 1.165) is 26.4 Å². The smallest absolute Gasteiger partial charge is 0.346 e. The maximum Gasteiger partial charge on any atom is 0.346 e. The fourth-order valence-corrected chi connectivity index (χ4v) is 1.59. The normalized spacial score (nSPS) is 11.1. The van der Waals surface area contributed by atoms with Gasteiger partial charge in [-0.05, 0) is 17.7 Å². The molecule has 0 aromatic heterocycles. The van der Waals surface area contributed by atoms with Gasteiger partial charge in [0.2, 0.25) is 0 Å². The van der Waals surface area contributed by atoms with Gasteiger partial charge in [0.05, 0.1) is 14.2 Å². The first kappa shape index (κ1) is 15.3. The van der Waals surface area contributed by atoms with Crippen LogP contribution in [-0.4, -0.2) is 42.3 Å². The molecule has 0 radical (unpaired) electrons. The van der Waals surface area contributed by atoms with E-state index in [0.29, 0.717) is 0 Å². The van der Waals surface area contributed by atoms with Gasteiger partial charge in [-0.15, -0.1) is 0 Å². The van der Waals surface area contributed by atoms with Crippen LogP contribution in [0, 0.1) is 0 Å². The molecule has 7 heteroatoms. The summed E-state index contributed by atoms with van der Waals surface area (Å²) in [7, 11) is 2.12. The van der Waals surface area contributed by atoms with Gasteiger partial charge >= 0.3 is 11.9 Å². The third-order valence-corrected chi connectivity index (χ3v) is 2.57. The van der Waals surface area contributed by atoms with Crippen LogP contribution in [0.4, 0.5) is 0 Å². The highest BCUT2D eigenvalue weighted by Gasteiger charge is 2.33. The van der Waals surface area contributed by atoms with Gasteiger partial charge in [0, 0.05) is 0 Å². The van der Waals surface area contributed by atoms with Gasteiger partial charge in [-0.25, -0.2) is 9.59 Å². The number of aromatic hydroxyl groups is 2. The summed E-state index contributed by atoms with van der Waals surface area (Å²) in [6.07, 6.45) is 0. The van der Waals surface area contributed by atoms with Crippen molar-refractivity contribution >= 4 is 17.9 Å². The lowest BCUT2D eigenvalue weighted by molar-refractivity contribution is -0.144. The summed E-state index contributed by atoms with van der Waals surface area (Å²) in [5.41, 5.74) is -0.514. The second-order valence-electron chi connectivity index (χ2n) is 3.71. The Bertz CT molecular complexity index is 584. The number of hydrogen-bond donors (Lipinski definition) is 2. The predicted octanol–water partition coefficient (Wildman–Crippen LogP) is 0.285. The highest BCUT2D eigenvalue weighted by molar-refractivity contribution is 6.04. The Labute approximate surface area is 114 Å². The van der Waals surface area contributed by atoms with Crippen LogP contribution in [0.5, 0.6) is 11.5 Å². The predicted molar refractivity (Wildman–Crippen MR) is 65.8 cm³/mol. The average molecular weight is 280 g/mol. The number of phenols is 2. The lowest BCUT2D eigenvalue weighted by Crippen LogP contribution is -2.22. The van der Waals surface area contributed by atoms with E-state index in [2.05, 4.69) is 9.47 Å². The first-order valence-electron chi connectivity index (χ1n) is 5.39. The van der Waals surface area contributed by atoms with Gasteiger partial charge in [-0.2, -0.15) is 0 Å². The zero-order valence-electron chi connectivity index (χ0n) is 10.7. The lowest BCUT2D eigenvalue weighted by Gasteiger charge is -2.15. The van der Waals surface area contributed by atoms with E-state index < -0.39 is 34.9 Å². The fraction of sp³-hybridized carbons (Fsp3) is 0.231. The third kappa shape index (κ3) is 2.96. The molecule has 1 atom stereocenters. The van der Waals surface area contributed by atoms with Crippen LogP contribution >= 0.6 is 0 Å². The largest absolute Gasteiger partial charge is 0.504 e. The molecule has 1 aromatic rings. The fourth-order valence-electron chi connectivity index (χ4n) is 1.59. The van der Waals surface area contributed by atoms with Crippen LogP contribution in [0.25, 0.3) is 0 Å². The number of benzene rings is 1. The Hall–Kier alpha value is -2.79. The number of ether oxygens (including phenoxy) is 2. The van der Waals surface area contributed by atoms with Crippen molar-refractivity contribution in [1.29, 1.82) is 0 Å². The highest BCUT2D eigenvalue weighted by atomic mass is 16.5. The van der Waals surface area contributed by atoms with Crippen molar-refractivity contribution in [1.82, 2.24) is 0 Å². The summed E-state index contributed by atoms with van der Waals surface area (Å²) in [5.74, 6) is -2.92. The SMILES string of the molecule is COC(=O)C(=C=O)C(C(=O)OC)c1ccc(O)c(O)c1. The molecule has 106 valence electrons. The molecule has 0 bridgehead atoms. The molecule has 7 nitrogen and oxygen atoms in total. The van der Waals surface area contributed by atoms with Crippen molar-refractivity contribution in [3.05, 3.63) is 29.3 Å². The number of carbonyl (C=O) groups is 2. The number of methoxy groups -OCH3 is 2. The molecule has 0 spiro atoms. The van der Waals surface area contributed by atoms with E-state index >= 15 is 0 Å². The molecule has 0 heterocycles. The molecular weight excluding hydrogens is 268 g/mol. The van der Waals surface area contributed by atoms with Crippen LogP contribution in [0.15, 0.2) is 23.8 Å². The van der Waals surface area contributed by atoms with Gasteiger partial charge in [-0.3, -0.25) is 4.79 Å². The van der Waals surface area contributed by atoms with Crippen molar-refractivity contribution in [3.8, 4) is 11.5 Å². The topological polar surface area (TPSA) is 110 Å². The summed E-state index contributed by atoms with van der Waals surface area (Å²) in [6, 6.07) is 3.41. The molecule has 0 aliphatic carbocycles. The monoisotopic (exact) mass is 280 g/mol. The van der Waals surface area contributed by atoms with Crippen LogP contribution in [-0.2, 0) is 23.9 Å². The minimum absolute atomic E-state index is 0.0795. The van der Waals surface area contributed by atoms with Crippen LogP contribution in [0.2, 0.25) is 0 Å². The molecule has 1 aromatic carbocycles. The Morgan fingerprint density at radius 1 is 1.15 bits per heavy atom. The van der Waals surface area contributed by atoms with E-state index in [1.807, 2.05) is 0 Å². The average Bonchev–Trinajstić information content (AvgIpc) is 2.46. The molecule has 2 N–H and O–H groups in total. The van der Waals surface area contributed by atoms with Crippen LogP contribution in [0.1, 0.15) is 11.5 Å². The molecule has 0 amide bonds. The second kappa shape index (κ2) is 6.40. The Morgan fingerprint density at radius 2 is 1.80 bits per heavy atom. The lowest BCUT2D eigenvalue weighted by atomic mass is 9.91. The van der Waals surface area contributed by atoms with Gasteiger partial charge in [0.15, 0.2) is 11.5 Å². The van der Waals surface area contributed by atoms with Gasteiger partial charge in [0.25, 0.3) is 0 Å². The first-order chi connectivity index (χ1) is 9.46. The van der Waals surface area contributed by atoms with Gasteiger partial charge in [-0.1, -0.05) is 6.07 Å². The quantitative estimate of drug-likeness (QED) is 0.353. The highest BCUT2D eigenvalue weighted by Crippen LogP contribution is 2.32. The van der Waals surface area contributed by atoms with Crippen molar-refractivity contribution in [2.45, 2.75) is 5.92 Å². The van der Waals surface area contributed by atoms with Crippen molar-refractivity contribution in [2.75, 3.05) is 14.2 Å². The Kier molecular flexibility index (Phi) is 4.88. The van der Waals surface area contributed by atoms with E-state index in [9.17, 15) is 24.6 Å². The maximum atomic E-state index is 11.8. The molecule has 0 aliphatic heterocycles. The molecule has 20 heavy (non-hydrogen) atoms. The van der Waals surface area contributed by atoms with Crippen molar-refractivity contribution < 1.29 is 34.1 Å². The number of hydrogen-bond acceptors (Lipinski definition) is 7. The molecule has 0 saturated heterocycles. The zero-order valence-corrected chi connectivity index (χ0v) is 10.7. The Morgan fingerprint density at radius 3 is 2.25 bits per heavy atom. The summed E-state index contributed by atoms with van der Waals surface area (Å²) < 4.78 is 8.92. The Balaban J connectivity index is 3.39. The molecular formula is C13H12O7. The van der Waals surface area contributed by atoms with Gasteiger partial charge < -0.3 is 19.7 Å². The van der Waals surface area contributed by atoms with E-state index in [1.54, 1.807) is 0 Å². The summed E-state index contributed by atoms with van der Waals surface area (Å²) in [5, 5.41) is 18.7. The minimum Gasteiger partial charge on any atom is -0.504 e. The standard InChI is InChI=1S/C13H12O7/c1-19-12(17)8(6-14)11(13(18)20-2)7-3-4-9(15)10(16)5-7/h3-5,11,15-16H,1-2H3. The van der Waals surface area contributed by atoms with Crippen LogP contribution in [0.3, 0.4) is 0 Å². The van der Waals surface area contributed by atoms with Crippen molar-refractivity contribution in [2.24, 2.45) is 0 Å².